The molecule has 0 bridgehead atoms. The lowest BCUT2D eigenvalue weighted by molar-refractivity contribution is -0.122. The number of amidine groups is 1. The number of likely N-dealkylation sites (tertiary alicyclic amines) is 1. The van der Waals surface area contributed by atoms with Crippen LogP contribution in [0.25, 0.3) is 0 Å². The summed E-state index contributed by atoms with van der Waals surface area (Å²) in [6.07, 6.45) is 2.39. The van der Waals surface area contributed by atoms with E-state index in [2.05, 4.69) is 15.8 Å². The Morgan fingerprint density at radius 1 is 1.17 bits per heavy atom. The first-order valence-electron chi connectivity index (χ1n) is 9.30. The average molecular weight is 445 g/mol. The highest BCUT2D eigenvalue weighted by Crippen LogP contribution is 2.20. The van der Waals surface area contributed by atoms with Crippen molar-refractivity contribution in [3.05, 3.63) is 33.8 Å². The maximum atomic E-state index is 12.2. The second-order valence-electron chi connectivity index (χ2n) is 6.73. The molecule has 1 saturated heterocycles. The summed E-state index contributed by atoms with van der Waals surface area (Å²) < 4.78 is 5.34. The van der Waals surface area contributed by atoms with Crippen molar-refractivity contribution in [2.75, 3.05) is 13.1 Å². The highest BCUT2D eigenvalue weighted by atomic mass is 35.5. The maximum Gasteiger partial charge on any atom is 0.410 e. The Morgan fingerprint density at radius 2 is 1.83 bits per heavy atom. The number of hydrazone groups is 1. The molecule has 0 aliphatic carbocycles. The van der Waals surface area contributed by atoms with Gasteiger partial charge in [-0.2, -0.15) is 5.10 Å². The lowest BCUT2D eigenvalue weighted by Gasteiger charge is -2.31. The van der Waals surface area contributed by atoms with Gasteiger partial charge in [0.15, 0.2) is 0 Å². The monoisotopic (exact) mass is 444 g/mol. The summed E-state index contributed by atoms with van der Waals surface area (Å²) in [5, 5.41) is 7.45. The van der Waals surface area contributed by atoms with E-state index < -0.39 is 6.09 Å². The summed E-state index contributed by atoms with van der Waals surface area (Å²) in [5.74, 6) is 10.8. The molecule has 0 radical (unpaired) electrons. The van der Waals surface area contributed by atoms with Crippen LogP contribution in [0.3, 0.4) is 0 Å². The van der Waals surface area contributed by atoms with Crippen LogP contribution in [-0.2, 0) is 16.1 Å². The van der Waals surface area contributed by atoms with E-state index in [1.165, 1.54) is 0 Å². The van der Waals surface area contributed by atoms with Gasteiger partial charge < -0.3 is 26.2 Å². The number of carbonyl (C=O) groups excluding carboxylic acids is 2. The summed E-state index contributed by atoms with van der Waals surface area (Å²) in [6.45, 7) is 1.13. The van der Waals surface area contributed by atoms with Crippen LogP contribution < -0.4 is 22.4 Å². The number of piperidine rings is 1. The minimum Gasteiger partial charge on any atom is -0.445 e. The van der Waals surface area contributed by atoms with Crippen molar-refractivity contribution >= 4 is 41.0 Å². The molecule has 160 valence electrons. The Bertz CT molecular complexity index is 718. The number of hydrazine groups is 1. The van der Waals surface area contributed by atoms with Crippen molar-refractivity contribution in [3.8, 4) is 0 Å². The van der Waals surface area contributed by atoms with Gasteiger partial charge in [0.2, 0.25) is 5.91 Å². The number of carbonyl (C=O) groups is 2. The van der Waals surface area contributed by atoms with Crippen molar-refractivity contribution in [2.24, 2.45) is 16.8 Å². The molecule has 2 rings (SSSR count). The van der Waals surface area contributed by atoms with Crippen LogP contribution >= 0.6 is 23.2 Å². The van der Waals surface area contributed by atoms with Crippen LogP contribution in [0.15, 0.2) is 23.3 Å². The predicted molar refractivity (Wildman–Crippen MR) is 112 cm³/mol. The van der Waals surface area contributed by atoms with Gasteiger partial charge in [0.25, 0.3) is 0 Å². The van der Waals surface area contributed by atoms with Gasteiger partial charge in [-0.3, -0.25) is 4.79 Å². The molecule has 0 atom stereocenters. The van der Waals surface area contributed by atoms with E-state index in [0.717, 1.165) is 5.56 Å². The Kier molecular flexibility index (Phi) is 9.30. The number of nitrogens with zero attached hydrogens (tertiary/aromatic N) is 2. The number of nitrogens with two attached hydrogens (primary N) is 2. The van der Waals surface area contributed by atoms with Crippen LogP contribution in [0.5, 0.6) is 0 Å². The standard InChI is InChI=1S/C18H26Cl2N6O3/c19-13-8-12(9-14(20)10-13)11-29-18(28)26-6-4-15(5-7-26)23-17(27)3-1-2-16(24-21)25-22/h8-10,15H,1-7,11,21-22H2,(H,23,27)(H,24,25). The van der Waals surface area contributed by atoms with Gasteiger partial charge in [-0.25, -0.2) is 10.6 Å². The normalized spacial score (nSPS) is 15.1. The zero-order valence-electron chi connectivity index (χ0n) is 16.0. The number of amides is 2. The molecule has 9 nitrogen and oxygen atoms in total. The van der Waals surface area contributed by atoms with Crippen molar-refractivity contribution in [1.82, 2.24) is 15.6 Å². The van der Waals surface area contributed by atoms with Crippen molar-refractivity contribution in [1.29, 1.82) is 0 Å². The molecule has 2 amide bonds. The van der Waals surface area contributed by atoms with Gasteiger partial charge in [-0.05, 0) is 43.0 Å². The highest BCUT2D eigenvalue weighted by Gasteiger charge is 2.24. The third-order valence-corrected chi connectivity index (χ3v) is 4.98. The molecule has 1 fully saturated rings. The summed E-state index contributed by atoms with van der Waals surface area (Å²) >= 11 is 11.9. The minimum atomic E-state index is -0.395. The molecule has 6 N–H and O–H groups in total. The van der Waals surface area contributed by atoms with Crippen molar-refractivity contribution in [3.63, 3.8) is 0 Å². The van der Waals surface area contributed by atoms with E-state index in [4.69, 9.17) is 39.6 Å². The quantitative estimate of drug-likeness (QED) is 0.220. The first kappa shape index (κ1) is 23.1. The van der Waals surface area contributed by atoms with E-state index in [-0.39, 0.29) is 18.6 Å². The zero-order chi connectivity index (χ0) is 21.2. The van der Waals surface area contributed by atoms with Gasteiger partial charge in [-0.15, -0.1) is 0 Å². The van der Waals surface area contributed by atoms with Crippen LogP contribution in [-0.4, -0.2) is 41.9 Å². The molecule has 1 aromatic rings. The second kappa shape index (κ2) is 11.7. The van der Waals surface area contributed by atoms with Gasteiger partial charge in [0.05, 0.1) is 0 Å². The van der Waals surface area contributed by atoms with E-state index in [1.54, 1.807) is 23.1 Å². The largest absolute Gasteiger partial charge is 0.445 e. The van der Waals surface area contributed by atoms with Gasteiger partial charge in [-0.1, -0.05) is 23.2 Å². The summed E-state index contributed by atoms with van der Waals surface area (Å²) in [7, 11) is 0. The molecule has 1 aliphatic rings. The fraction of sp³-hybridized carbons (Fsp3) is 0.500. The van der Waals surface area contributed by atoms with Crippen LogP contribution in [0.4, 0.5) is 4.79 Å². The molecule has 0 aromatic heterocycles. The Hall–Kier alpha value is -2.23. The van der Waals surface area contributed by atoms with Crippen LogP contribution in [0.2, 0.25) is 10.0 Å². The van der Waals surface area contributed by atoms with Crippen molar-refractivity contribution < 1.29 is 14.3 Å². The number of halogens is 2. The third kappa shape index (κ3) is 7.96. The number of rotatable bonds is 7. The first-order valence-corrected chi connectivity index (χ1v) is 10.1. The third-order valence-electron chi connectivity index (χ3n) is 4.54. The van der Waals surface area contributed by atoms with E-state index in [1.807, 2.05) is 0 Å². The summed E-state index contributed by atoms with van der Waals surface area (Å²) in [6, 6.07) is 5.06. The van der Waals surface area contributed by atoms with E-state index >= 15 is 0 Å². The Labute approximate surface area is 179 Å². The molecule has 0 spiro atoms. The molecule has 11 heteroatoms. The average Bonchev–Trinajstić information content (AvgIpc) is 2.69. The fourth-order valence-electron chi connectivity index (χ4n) is 3.03. The lowest BCUT2D eigenvalue weighted by atomic mass is 10.0. The number of ether oxygens (including phenoxy) is 1. The van der Waals surface area contributed by atoms with Crippen LogP contribution in [0.1, 0.15) is 37.7 Å². The molecule has 1 heterocycles. The predicted octanol–water partition coefficient (Wildman–Crippen LogP) is 2.12. The minimum absolute atomic E-state index is 0.0357. The maximum absolute atomic E-state index is 12.2. The van der Waals surface area contributed by atoms with E-state index in [0.29, 0.717) is 61.1 Å². The smallest absolute Gasteiger partial charge is 0.410 e. The molecular weight excluding hydrogens is 419 g/mol. The lowest BCUT2D eigenvalue weighted by Crippen LogP contribution is -2.46. The van der Waals surface area contributed by atoms with Gasteiger partial charge in [0.1, 0.15) is 12.4 Å². The number of benzene rings is 1. The van der Waals surface area contributed by atoms with Crippen molar-refractivity contribution in [2.45, 2.75) is 44.8 Å². The topological polar surface area (TPSA) is 135 Å². The number of hydrogen-bond acceptors (Lipinski definition) is 6. The van der Waals surface area contributed by atoms with Gasteiger partial charge >= 0.3 is 6.09 Å². The summed E-state index contributed by atoms with van der Waals surface area (Å²) in [5.41, 5.74) is 3.11. The fourth-order valence-corrected chi connectivity index (χ4v) is 3.60. The zero-order valence-corrected chi connectivity index (χ0v) is 17.5. The number of nitrogens with one attached hydrogen (secondary N) is 2. The first-order chi connectivity index (χ1) is 13.9. The van der Waals surface area contributed by atoms with Gasteiger partial charge in [0, 0.05) is 42.0 Å². The molecule has 1 aromatic carbocycles. The second-order valence-corrected chi connectivity index (χ2v) is 7.61. The van der Waals surface area contributed by atoms with E-state index in [9.17, 15) is 9.59 Å². The highest BCUT2D eigenvalue weighted by molar-refractivity contribution is 6.34. The molecule has 29 heavy (non-hydrogen) atoms. The Balaban J connectivity index is 1.67. The SMILES string of the molecule is N/N=C(/CCCC(=O)NC1CCN(C(=O)OCc2cc(Cl)cc(Cl)c2)CC1)NN. The molecule has 0 unspecified atom stereocenters. The molecule has 0 saturated carbocycles. The Morgan fingerprint density at radius 3 is 2.41 bits per heavy atom. The molecule has 1 aliphatic heterocycles. The van der Waals surface area contributed by atoms with Crippen LogP contribution in [0, 0.1) is 0 Å². The number of hydrogen-bond donors (Lipinski definition) is 4. The molecular formula is C18H26Cl2N6O3. The summed E-state index contributed by atoms with van der Waals surface area (Å²) in [4.78, 5) is 25.9.